The Hall–Kier alpha value is -7.16. The van der Waals surface area contributed by atoms with Gasteiger partial charge >= 0.3 is 0 Å². The van der Waals surface area contributed by atoms with E-state index in [0.29, 0.717) is 17.5 Å². The van der Waals surface area contributed by atoms with E-state index in [1.165, 1.54) is 52.6 Å². The molecule has 0 amide bonds. The van der Waals surface area contributed by atoms with Gasteiger partial charge in [-0.2, -0.15) is 5.26 Å². The summed E-state index contributed by atoms with van der Waals surface area (Å²) in [5, 5.41) is 11.9. The third-order valence-corrected chi connectivity index (χ3v) is 12.2. The third kappa shape index (κ3) is 5.40. The zero-order valence-corrected chi connectivity index (χ0v) is 31.2. The molecule has 2 aromatic heterocycles. The van der Waals surface area contributed by atoms with Crippen LogP contribution < -0.4 is 0 Å². The molecule has 2 heterocycles. The molecule has 0 unspecified atom stereocenters. The van der Waals surface area contributed by atoms with Gasteiger partial charge in [-0.15, -0.1) is 0 Å². The standard InChI is InChI=1S/C52H36N4O/c53-32-33-22-27-40-44(30-33)52(28-7-2-8-29-52)43-19-10-17-39(47(40)43)38-15-9-14-37(31-38)34-23-25-36(26-24-34)50-54-49(35-12-3-1-4-13-35)55-51(56-50)42-18-11-21-46-48(42)41-16-5-6-20-45(41)57-46/h1,3-6,9-27,30-31H,2,7-8,28-29H2. The minimum atomic E-state index is -0.0205. The van der Waals surface area contributed by atoms with Crippen LogP contribution in [0.25, 0.3) is 89.5 Å². The Labute approximate surface area is 331 Å². The zero-order valence-electron chi connectivity index (χ0n) is 31.2. The number of rotatable bonds is 5. The van der Waals surface area contributed by atoms with Crippen molar-refractivity contribution in [2.45, 2.75) is 37.5 Å². The average molecular weight is 733 g/mol. The highest BCUT2D eigenvalue weighted by Crippen LogP contribution is 2.58. The molecule has 0 aliphatic heterocycles. The van der Waals surface area contributed by atoms with E-state index in [0.717, 1.165) is 68.2 Å². The molecule has 5 nitrogen and oxygen atoms in total. The molecule has 1 spiro atoms. The van der Waals surface area contributed by atoms with E-state index in [-0.39, 0.29) is 5.41 Å². The van der Waals surface area contributed by atoms with Crippen LogP contribution in [-0.4, -0.2) is 15.0 Å². The van der Waals surface area contributed by atoms with Crippen molar-refractivity contribution in [1.29, 1.82) is 5.26 Å². The molecule has 1 fully saturated rings. The largest absolute Gasteiger partial charge is 0.456 e. The van der Waals surface area contributed by atoms with Crippen molar-refractivity contribution in [3.05, 3.63) is 174 Å². The maximum Gasteiger partial charge on any atom is 0.164 e. The molecule has 0 N–H and O–H groups in total. The number of nitrogens with zero attached hydrogens (tertiary/aromatic N) is 4. The molecule has 57 heavy (non-hydrogen) atoms. The Bertz CT molecular complexity index is 3060. The van der Waals surface area contributed by atoms with Gasteiger partial charge in [0.25, 0.3) is 0 Å². The number of hydrogen-bond acceptors (Lipinski definition) is 5. The lowest BCUT2D eigenvalue weighted by Crippen LogP contribution is -2.28. The molecule has 0 atom stereocenters. The summed E-state index contributed by atoms with van der Waals surface area (Å²) < 4.78 is 6.23. The SMILES string of the molecule is N#Cc1ccc2c(c1)C1(CCCCC1)c1cccc(-c3cccc(-c4ccc(-c5nc(-c6ccccc6)nc(-c6cccc7oc8ccccc8c67)n5)cc4)c3)c1-2. The second-order valence-corrected chi connectivity index (χ2v) is 15.4. The fraction of sp³-hybridized carbons (Fsp3) is 0.115. The second-order valence-electron chi connectivity index (χ2n) is 15.4. The van der Waals surface area contributed by atoms with Crippen molar-refractivity contribution in [3.63, 3.8) is 0 Å². The van der Waals surface area contributed by atoms with Crippen molar-refractivity contribution in [3.8, 4) is 73.6 Å². The average Bonchev–Trinajstić information content (AvgIpc) is 3.80. The molecule has 2 aliphatic carbocycles. The maximum absolute atomic E-state index is 9.84. The predicted molar refractivity (Wildman–Crippen MR) is 228 cm³/mol. The van der Waals surface area contributed by atoms with Gasteiger partial charge in [0.1, 0.15) is 11.2 Å². The van der Waals surface area contributed by atoms with E-state index >= 15 is 0 Å². The molecule has 9 aromatic rings. The molecule has 0 radical (unpaired) electrons. The lowest BCUT2D eigenvalue weighted by molar-refractivity contribution is 0.353. The summed E-state index contributed by atoms with van der Waals surface area (Å²) in [5.74, 6) is 1.83. The first-order chi connectivity index (χ1) is 28.2. The van der Waals surface area contributed by atoms with Crippen molar-refractivity contribution < 1.29 is 4.42 Å². The molecule has 11 rings (SSSR count). The summed E-state index contributed by atoms with van der Waals surface area (Å²) >= 11 is 0. The van der Waals surface area contributed by atoms with E-state index in [4.69, 9.17) is 19.4 Å². The molecule has 1 saturated carbocycles. The van der Waals surface area contributed by atoms with Crippen molar-refractivity contribution in [2.75, 3.05) is 0 Å². The number of nitriles is 1. The monoisotopic (exact) mass is 732 g/mol. The van der Waals surface area contributed by atoms with Gasteiger partial charge in [0.05, 0.1) is 11.6 Å². The first-order valence-electron chi connectivity index (χ1n) is 19.8. The van der Waals surface area contributed by atoms with Gasteiger partial charge < -0.3 is 4.42 Å². The fourth-order valence-corrected chi connectivity index (χ4v) is 9.53. The lowest BCUT2D eigenvalue weighted by atomic mass is 9.67. The third-order valence-electron chi connectivity index (χ3n) is 12.2. The number of fused-ring (bicyclic) bond motifs is 8. The Morgan fingerprint density at radius 2 is 1.12 bits per heavy atom. The fourth-order valence-electron chi connectivity index (χ4n) is 9.53. The van der Waals surface area contributed by atoms with E-state index in [9.17, 15) is 5.26 Å². The van der Waals surface area contributed by atoms with Gasteiger partial charge in [-0.05, 0) is 87.7 Å². The highest BCUT2D eigenvalue weighted by molar-refractivity contribution is 6.11. The van der Waals surface area contributed by atoms with Crippen LogP contribution in [0.15, 0.2) is 162 Å². The van der Waals surface area contributed by atoms with Crippen LogP contribution in [0.1, 0.15) is 48.8 Å². The number of para-hydroxylation sites is 1. The molecule has 2 aliphatic rings. The normalized spacial score (nSPS) is 14.1. The van der Waals surface area contributed by atoms with E-state index < -0.39 is 0 Å². The summed E-state index contributed by atoms with van der Waals surface area (Å²) in [6.07, 6.45) is 5.95. The van der Waals surface area contributed by atoms with Crippen molar-refractivity contribution in [1.82, 2.24) is 15.0 Å². The van der Waals surface area contributed by atoms with Gasteiger partial charge in [0.2, 0.25) is 0 Å². The second kappa shape index (κ2) is 13.3. The molecule has 270 valence electrons. The first kappa shape index (κ1) is 33.2. The number of furan rings is 1. The van der Waals surface area contributed by atoms with E-state index in [1.54, 1.807) is 0 Å². The molecule has 0 saturated heterocycles. The van der Waals surface area contributed by atoms with Gasteiger partial charge in [0.15, 0.2) is 17.5 Å². The van der Waals surface area contributed by atoms with E-state index in [2.05, 4.69) is 97.1 Å². The van der Waals surface area contributed by atoms with Crippen LogP contribution in [0.3, 0.4) is 0 Å². The summed E-state index contributed by atoms with van der Waals surface area (Å²) in [6.45, 7) is 0. The molecular formula is C52H36N4O. The van der Waals surface area contributed by atoms with Crippen LogP contribution in [-0.2, 0) is 5.41 Å². The van der Waals surface area contributed by atoms with Gasteiger partial charge in [-0.25, -0.2) is 15.0 Å². The van der Waals surface area contributed by atoms with Crippen LogP contribution in [0, 0.1) is 11.3 Å². The Morgan fingerprint density at radius 1 is 0.474 bits per heavy atom. The Morgan fingerprint density at radius 3 is 1.95 bits per heavy atom. The first-order valence-corrected chi connectivity index (χ1v) is 19.8. The number of hydrogen-bond donors (Lipinski definition) is 0. The van der Waals surface area contributed by atoms with Crippen molar-refractivity contribution in [2.24, 2.45) is 0 Å². The Kier molecular flexibility index (Phi) is 7.72. The summed E-state index contributed by atoms with van der Waals surface area (Å²) in [6, 6.07) is 57.2. The van der Waals surface area contributed by atoms with Crippen LogP contribution in [0.5, 0.6) is 0 Å². The van der Waals surface area contributed by atoms with Crippen LogP contribution in [0.2, 0.25) is 0 Å². The zero-order chi connectivity index (χ0) is 37.9. The topological polar surface area (TPSA) is 75.6 Å². The lowest BCUT2D eigenvalue weighted by Gasteiger charge is -2.36. The Balaban J connectivity index is 0.990. The predicted octanol–water partition coefficient (Wildman–Crippen LogP) is 13.2. The maximum atomic E-state index is 9.84. The molecular weight excluding hydrogens is 697 g/mol. The molecule has 0 bridgehead atoms. The van der Waals surface area contributed by atoms with E-state index in [1.807, 2.05) is 66.7 Å². The minimum Gasteiger partial charge on any atom is -0.456 e. The molecule has 7 aromatic carbocycles. The summed E-state index contributed by atoms with van der Waals surface area (Å²) in [4.78, 5) is 15.2. The van der Waals surface area contributed by atoms with Gasteiger partial charge in [-0.1, -0.05) is 147 Å². The van der Waals surface area contributed by atoms with Crippen molar-refractivity contribution >= 4 is 21.9 Å². The minimum absolute atomic E-state index is 0.0205. The summed E-state index contributed by atoms with van der Waals surface area (Å²) in [7, 11) is 0. The smallest absolute Gasteiger partial charge is 0.164 e. The number of aromatic nitrogens is 3. The highest BCUT2D eigenvalue weighted by Gasteiger charge is 2.44. The van der Waals surface area contributed by atoms with Gasteiger partial charge in [0, 0.05) is 32.9 Å². The molecule has 5 heteroatoms. The van der Waals surface area contributed by atoms with Crippen LogP contribution >= 0.6 is 0 Å². The van der Waals surface area contributed by atoms with Gasteiger partial charge in [-0.3, -0.25) is 0 Å². The summed E-state index contributed by atoms with van der Waals surface area (Å²) in [5.41, 5.74) is 15.1. The van der Waals surface area contributed by atoms with Crippen LogP contribution in [0.4, 0.5) is 0 Å². The highest BCUT2D eigenvalue weighted by atomic mass is 16.3. The number of benzene rings is 7. The quantitative estimate of drug-likeness (QED) is 0.176.